The number of halogens is 1. The Hall–Kier alpha value is -2.84. The Bertz CT molecular complexity index is 1080. The van der Waals surface area contributed by atoms with Crippen LogP contribution in [0.25, 0.3) is 0 Å². The largest absolute Gasteiger partial charge is 0.378 e. The van der Waals surface area contributed by atoms with Crippen LogP contribution in [0.15, 0.2) is 58.8 Å². The molecule has 1 aromatic heterocycles. The number of rotatable bonds is 8. The van der Waals surface area contributed by atoms with E-state index in [1.807, 2.05) is 80.9 Å². The Morgan fingerprint density at radius 1 is 1.23 bits per heavy atom. The molecule has 1 amide bonds. The number of aryl methyl sites for hydroxylation is 1. The Morgan fingerprint density at radius 3 is 2.68 bits per heavy atom. The fraction of sp³-hybridized carbons (Fsp3) is 0.273. The zero-order chi connectivity index (χ0) is 22.4. The Kier molecular flexibility index (Phi) is 7.70. The van der Waals surface area contributed by atoms with Gasteiger partial charge in [0.25, 0.3) is 5.91 Å². The van der Waals surface area contributed by atoms with Crippen LogP contribution in [-0.4, -0.2) is 31.6 Å². The van der Waals surface area contributed by atoms with Crippen molar-refractivity contribution in [3.8, 4) is 0 Å². The molecule has 31 heavy (non-hydrogen) atoms. The summed E-state index contributed by atoms with van der Waals surface area (Å²) in [6, 6.07) is 15.5. The number of hydrogen-bond acceptors (Lipinski definition) is 6. The summed E-state index contributed by atoms with van der Waals surface area (Å²) >= 11 is 7.34. The van der Waals surface area contributed by atoms with E-state index in [2.05, 4.69) is 26.0 Å². The molecule has 9 heteroatoms. The van der Waals surface area contributed by atoms with Crippen molar-refractivity contribution in [2.75, 3.05) is 5.32 Å². The number of carbonyl (C=O) groups excluding carboxylic acids is 1. The van der Waals surface area contributed by atoms with E-state index in [-0.39, 0.29) is 11.2 Å². The molecule has 2 aromatic carbocycles. The number of carbonyl (C=O) groups is 1. The zero-order valence-corrected chi connectivity index (χ0v) is 19.5. The lowest BCUT2D eigenvalue weighted by Gasteiger charge is -2.10. The fourth-order valence-corrected chi connectivity index (χ4v) is 3.70. The van der Waals surface area contributed by atoms with Gasteiger partial charge in [-0.2, -0.15) is 5.10 Å². The van der Waals surface area contributed by atoms with Gasteiger partial charge in [-0.3, -0.25) is 4.79 Å². The van der Waals surface area contributed by atoms with Crippen LogP contribution < -0.4 is 10.7 Å². The molecular weight excluding hydrogens is 432 g/mol. The first kappa shape index (κ1) is 22.8. The average Bonchev–Trinajstić information content (AvgIpc) is 3.10. The van der Waals surface area contributed by atoms with Crippen LogP contribution in [0.2, 0.25) is 5.02 Å². The third-order valence-corrected chi connectivity index (χ3v) is 6.02. The van der Waals surface area contributed by atoms with Crippen molar-refractivity contribution in [3.05, 3.63) is 70.5 Å². The van der Waals surface area contributed by atoms with Crippen molar-refractivity contribution in [1.29, 1.82) is 0 Å². The molecule has 0 bridgehead atoms. The number of thioether (sulfide) groups is 1. The summed E-state index contributed by atoms with van der Waals surface area (Å²) in [4.78, 5) is 12.5. The van der Waals surface area contributed by atoms with Crippen LogP contribution in [-0.2, 0) is 18.4 Å². The molecule has 7 nitrogen and oxygen atoms in total. The molecule has 162 valence electrons. The highest BCUT2D eigenvalue weighted by molar-refractivity contribution is 8.00. The first-order valence-corrected chi connectivity index (χ1v) is 11.0. The number of amides is 1. The normalized spacial score (nSPS) is 12.5. The molecule has 0 saturated carbocycles. The molecule has 0 unspecified atom stereocenters. The third-order valence-electron chi connectivity index (χ3n) is 4.65. The molecule has 1 atom stereocenters. The minimum atomic E-state index is -0.383. The van der Waals surface area contributed by atoms with Gasteiger partial charge in [0.2, 0.25) is 0 Å². The first-order valence-electron chi connectivity index (χ1n) is 9.79. The molecule has 1 heterocycles. The van der Waals surface area contributed by atoms with E-state index in [0.29, 0.717) is 16.7 Å². The Labute approximate surface area is 191 Å². The van der Waals surface area contributed by atoms with Gasteiger partial charge in [-0.1, -0.05) is 59.3 Å². The summed E-state index contributed by atoms with van der Waals surface area (Å²) in [5.41, 5.74) is 6.44. The highest BCUT2D eigenvalue weighted by Gasteiger charge is 2.18. The predicted molar refractivity (Wildman–Crippen MR) is 127 cm³/mol. The summed E-state index contributed by atoms with van der Waals surface area (Å²) in [6.45, 7) is 6.20. The number of anilines is 1. The van der Waals surface area contributed by atoms with Gasteiger partial charge in [0.05, 0.1) is 17.5 Å². The van der Waals surface area contributed by atoms with E-state index in [0.717, 1.165) is 22.8 Å². The maximum absolute atomic E-state index is 12.5. The molecule has 0 fully saturated rings. The minimum absolute atomic E-state index is 0.196. The van der Waals surface area contributed by atoms with E-state index in [1.165, 1.54) is 17.3 Å². The highest BCUT2D eigenvalue weighted by Crippen LogP contribution is 2.22. The molecule has 0 aliphatic heterocycles. The van der Waals surface area contributed by atoms with Crippen molar-refractivity contribution < 1.29 is 4.79 Å². The van der Waals surface area contributed by atoms with Crippen molar-refractivity contribution >= 4 is 40.7 Å². The summed E-state index contributed by atoms with van der Waals surface area (Å²) in [6.07, 6.45) is 0. The number of aromatic nitrogens is 3. The van der Waals surface area contributed by atoms with Crippen LogP contribution in [0.3, 0.4) is 0 Å². The molecule has 0 saturated heterocycles. The van der Waals surface area contributed by atoms with Crippen molar-refractivity contribution in [1.82, 2.24) is 20.2 Å². The van der Waals surface area contributed by atoms with Gasteiger partial charge in [0.15, 0.2) is 11.0 Å². The quantitative estimate of drug-likeness (QED) is 0.298. The van der Waals surface area contributed by atoms with E-state index in [4.69, 9.17) is 11.6 Å². The second-order valence-electron chi connectivity index (χ2n) is 7.12. The van der Waals surface area contributed by atoms with Crippen molar-refractivity contribution in [3.63, 3.8) is 0 Å². The van der Waals surface area contributed by atoms with Gasteiger partial charge in [-0.15, -0.1) is 10.2 Å². The van der Waals surface area contributed by atoms with Crippen LogP contribution in [0, 0.1) is 6.92 Å². The van der Waals surface area contributed by atoms with E-state index < -0.39 is 0 Å². The Balaban J connectivity index is 1.56. The van der Waals surface area contributed by atoms with Crippen LogP contribution >= 0.6 is 23.4 Å². The van der Waals surface area contributed by atoms with Gasteiger partial charge >= 0.3 is 0 Å². The average molecular weight is 457 g/mol. The van der Waals surface area contributed by atoms with Crippen molar-refractivity contribution in [2.24, 2.45) is 12.1 Å². The second-order valence-corrected chi connectivity index (χ2v) is 8.87. The summed E-state index contributed by atoms with van der Waals surface area (Å²) in [5, 5.41) is 16.9. The molecule has 2 N–H and O–H groups in total. The maximum atomic E-state index is 12.5. The van der Waals surface area contributed by atoms with Gasteiger partial charge < -0.3 is 9.88 Å². The maximum Gasteiger partial charge on any atom is 0.253 e. The SMILES string of the molecule is C/C(=N\NC(=O)[C@H](C)Sc1nnc(CNc2cccc(Cl)c2)n1C)c1ccc(C)cc1. The van der Waals surface area contributed by atoms with Crippen LogP contribution in [0.5, 0.6) is 0 Å². The first-order chi connectivity index (χ1) is 14.8. The fourth-order valence-electron chi connectivity index (χ4n) is 2.68. The van der Waals surface area contributed by atoms with Gasteiger partial charge in [0, 0.05) is 17.8 Å². The minimum Gasteiger partial charge on any atom is -0.378 e. The van der Waals surface area contributed by atoms with Crippen molar-refractivity contribution in [2.45, 2.75) is 37.7 Å². The lowest BCUT2D eigenvalue weighted by Crippen LogP contribution is -2.28. The van der Waals surface area contributed by atoms with Gasteiger partial charge in [0.1, 0.15) is 0 Å². The lowest BCUT2D eigenvalue weighted by atomic mass is 10.1. The molecule has 0 spiro atoms. The molecular formula is C22H25ClN6OS. The van der Waals surface area contributed by atoms with Crippen LogP contribution in [0.4, 0.5) is 5.69 Å². The number of hydrogen-bond donors (Lipinski definition) is 2. The summed E-state index contributed by atoms with van der Waals surface area (Å²) in [5.74, 6) is 0.557. The molecule has 0 aliphatic carbocycles. The summed E-state index contributed by atoms with van der Waals surface area (Å²) < 4.78 is 1.87. The molecule has 3 rings (SSSR count). The molecule has 0 radical (unpaired) electrons. The zero-order valence-electron chi connectivity index (χ0n) is 17.9. The predicted octanol–water partition coefficient (Wildman–Crippen LogP) is 4.41. The highest BCUT2D eigenvalue weighted by atomic mass is 35.5. The molecule has 3 aromatic rings. The monoisotopic (exact) mass is 456 g/mol. The molecule has 0 aliphatic rings. The van der Waals surface area contributed by atoms with Gasteiger partial charge in [-0.05, 0) is 44.5 Å². The number of nitrogens with zero attached hydrogens (tertiary/aromatic N) is 4. The standard InChI is InChI=1S/C22H25ClN6OS/c1-14-8-10-17(11-9-14)15(2)25-27-21(30)16(3)31-22-28-26-20(29(22)4)13-24-19-7-5-6-18(23)12-19/h5-12,16,24H,13H2,1-4H3,(H,27,30)/b25-15+/t16-/m0/s1. The smallest absolute Gasteiger partial charge is 0.253 e. The number of nitrogens with one attached hydrogen (secondary N) is 2. The van der Waals surface area contributed by atoms with E-state index in [9.17, 15) is 4.79 Å². The van der Waals surface area contributed by atoms with E-state index >= 15 is 0 Å². The lowest BCUT2D eigenvalue weighted by molar-refractivity contribution is -0.120. The topological polar surface area (TPSA) is 84.2 Å². The number of hydrazone groups is 1. The number of benzene rings is 2. The summed E-state index contributed by atoms with van der Waals surface area (Å²) in [7, 11) is 1.88. The third kappa shape index (κ3) is 6.32. The van der Waals surface area contributed by atoms with Gasteiger partial charge in [-0.25, -0.2) is 5.43 Å². The Morgan fingerprint density at radius 2 is 1.97 bits per heavy atom. The van der Waals surface area contributed by atoms with E-state index in [1.54, 1.807) is 0 Å². The van der Waals surface area contributed by atoms with Crippen LogP contribution in [0.1, 0.15) is 30.8 Å². The second kappa shape index (κ2) is 10.5.